The average molecular weight is 624 g/mol. The first-order chi connectivity index (χ1) is 21.2. The molecule has 0 aromatic heterocycles. The van der Waals surface area contributed by atoms with Crippen LogP contribution in [-0.2, 0) is 24.5 Å². The molecular weight excluding hydrogens is 578 g/mol. The molecule has 3 aromatic carbocycles. The van der Waals surface area contributed by atoms with Gasteiger partial charge in [0.1, 0.15) is 12.4 Å². The number of carbonyl (C=O) groups is 2. The zero-order valence-electron chi connectivity index (χ0n) is 26.8. The second-order valence-corrected chi connectivity index (χ2v) is 11.7. The molecule has 0 saturated carbocycles. The van der Waals surface area contributed by atoms with Crippen LogP contribution in [0.15, 0.2) is 54.6 Å². The smallest absolute Gasteiger partial charge is 0.292 e. The van der Waals surface area contributed by atoms with Crippen molar-refractivity contribution in [2.24, 2.45) is 0 Å². The van der Waals surface area contributed by atoms with Crippen LogP contribution in [0.4, 0.5) is 11.4 Å². The summed E-state index contributed by atoms with van der Waals surface area (Å²) in [5, 5.41) is 5.09. The molecule has 1 aliphatic heterocycles. The summed E-state index contributed by atoms with van der Waals surface area (Å²) in [4.78, 5) is 25.1. The van der Waals surface area contributed by atoms with Crippen molar-refractivity contribution in [2.45, 2.75) is 33.1 Å². The van der Waals surface area contributed by atoms with Crippen molar-refractivity contribution >= 4 is 52.0 Å². The number of allylic oxidation sites excluding steroid dienone is 1. The number of fused-ring (bicyclic) bond motifs is 1. The summed E-state index contributed by atoms with van der Waals surface area (Å²) in [6, 6.07) is 16.1. The first kappa shape index (κ1) is 34.8. The number of hydrogen-bond donors (Lipinski definition) is 2. The lowest BCUT2D eigenvalue weighted by atomic mass is 9.86. The van der Waals surface area contributed by atoms with Crippen LogP contribution in [0.3, 0.4) is 0 Å². The number of morpholine rings is 1. The standard InChI is InChI=1S/C32H41N3O4S.C2H4O2/c1-7-23(31(36)33-27-20-22(32(2,3)4)21-28(34-40-6)30(27)37-5)25-12-13-29(26-11-9-8-10-24(25)26)39-19-16-35-14-17-38-18-15-35;1-4-2-3/h7-13,20-21,34H,14-19H2,1-6H3,(H,33,36);2H,1H3/b23-7-;. The lowest BCUT2D eigenvalue weighted by Crippen LogP contribution is -2.38. The summed E-state index contributed by atoms with van der Waals surface area (Å²) >= 11 is 1.48. The van der Waals surface area contributed by atoms with Gasteiger partial charge in [0.05, 0.1) is 38.8 Å². The van der Waals surface area contributed by atoms with Crippen LogP contribution in [-0.4, -0.2) is 77.2 Å². The fourth-order valence-corrected chi connectivity index (χ4v) is 5.27. The van der Waals surface area contributed by atoms with E-state index in [1.807, 2.05) is 61.7 Å². The minimum absolute atomic E-state index is 0.113. The average Bonchev–Trinajstić information content (AvgIpc) is 3.02. The van der Waals surface area contributed by atoms with Gasteiger partial charge in [-0.3, -0.25) is 14.5 Å². The fourth-order valence-electron chi connectivity index (χ4n) is 4.90. The maximum atomic E-state index is 13.8. The normalized spacial score (nSPS) is 13.8. The number of carbonyl (C=O) groups excluding carboxylic acids is 2. The number of nitrogens with zero attached hydrogens (tertiary/aromatic N) is 1. The second-order valence-electron chi connectivity index (χ2n) is 11.1. The maximum absolute atomic E-state index is 13.8. The lowest BCUT2D eigenvalue weighted by molar-refractivity contribution is -0.126. The van der Waals surface area contributed by atoms with Gasteiger partial charge >= 0.3 is 0 Å². The Kier molecular flexibility index (Phi) is 13.4. The third-order valence-electron chi connectivity index (χ3n) is 7.19. The minimum Gasteiger partial charge on any atom is -0.492 e. The molecule has 1 saturated heterocycles. The quantitative estimate of drug-likeness (QED) is 0.143. The Bertz CT molecular complexity index is 1430. The number of hydrogen-bond acceptors (Lipinski definition) is 9. The van der Waals surface area contributed by atoms with Gasteiger partial charge in [0.15, 0.2) is 5.75 Å². The number of methoxy groups -OCH3 is 2. The number of amides is 1. The molecule has 0 aliphatic carbocycles. The zero-order valence-corrected chi connectivity index (χ0v) is 27.6. The summed E-state index contributed by atoms with van der Waals surface area (Å²) in [5.74, 6) is 1.21. The van der Waals surface area contributed by atoms with E-state index in [1.165, 1.54) is 19.1 Å². The summed E-state index contributed by atoms with van der Waals surface area (Å²) < 4.78 is 24.6. The van der Waals surface area contributed by atoms with E-state index in [0.29, 0.717) is 30.1 Å². The Morgan fingerprint density at radius 2 is 1.70 bits per heavy atom. The van der Waals surface area contributed by atoms with Crippen molar-refractivity contribution in [1.29, 1.82) is 0 Å². The van der Waals surface area contributed by atoms with Crippen LogP contribution in [0, 0.1) is 0 Å². The van der Waals surface area contributed by atoms with Crippen molar-refractivity contribution in [3.8, 4) is 11.5 Å². The Morgan fingerprint density at radius 1 is 1.05 bits per heavy atom. The highest BCUT2D eigenvalue weighted by atomic mass is 32.2. The van der Waals surface area contributed by atoms with E-state index >= 15 is 0 Å². The third-order valence-corrected chi connectivity index (χ3v) is 7.62. The van der Waals surface area contributed by atoms with E-state index in [0.717, 1.165) is 66.2 Å². The molecule has 0 spiro atoms. The molecule has 9 nitrogen and oxygen atoms in total. The van der Waals surface area contributed by atoms with E-state index in [4.69, 9.17) is 19.0 Å². The van der Waals surface area contributed by atoms with E-state index < -0.39 is 0 Å². The molecule has 1 fully saturated rings. The molecule has 1 aliphatic rings. The van der Waals surface area contributed by atoms with Crippen molar-refractivity contribution in [1.82, 2.24) is 4.90 Å². The highest BCUT2D eigenvalue weighted by molar-refractivity contribution is 7.99. The number of rotatable bonds is 11. The molecule has 10 heteroatoms. The highest BCUT2D eigenvalue weighted by Gasteiger charge is 2.23. The Morgan fingerprint density at radius 3 is 2.30 bits per heavy atom. The van der Waals surface area contributed by atoms with Crippen LogP contribution in [0.25, 0.3) is 16.3 Å². The van der Waals surface area contributed by atoms with Crippen molar-refractivity contribution in [2.75, 3.05) is 70.0 Å². The molecule has 0 bridgehead atoms. The molecule has 4 rings (SSSR count). The van der Waals surface area contributed by atoms with Gasteiger partial charge in [0.25, 0.3) is 12.4 Å². The lowest BCUT2D eigenvalue weighted by Gasteiger charge is -2.26. The van der Waals surface area contributed by atoms with Gasteiger partial charge in [0, 0.05) is 36.8 Å². The van der Waals surface area contributed by atoms with E-state index in [1.54, 1.807) is 7.11 Å². The molecule has 0 atom stereocenters. The van der Waals surface area contributed by atoms with Crippen LogP contribution in [0.1, 0.15) is 38.8 Å². The van der Waals surface area contributed by atoms with Gasteiger partial charge in [-0.2, -0.15) is 0 Å². The molecule has 44 heavy (non-hydrogen) atoms. The van der Waals surface area contributed by atoms with E-state index in [-0.39, 0.29) is 11.3 Å². The first-order valence-corrected chi connectivity index (χ1v) is 15.8. The van der Waals surface area contributed by atoms with Gasteiger partial charge in [0.2, 0.25) is 0 Å². The molecule has 1 amide bonds. The second kappa shape index (κ2) is 16.9. The number of ether oxygens (including phenoxy) is 4. The monoisotopic (exact) mass is 623 g/mol. The van der Waals surface area contributed by atoms with Crippen molar-refractivity contribution < 1.29 is 28.5 Å². The zero-order chi connectivity index (χ0) is 32.1. The maximum Gasteiger partial charge on any atom is 0.292 e. The number of benzene rings is 3. The molecule has 0 radical (unpaired) electrons. The van der Waals surface area contributed by atoms with Gasteiger partial charge in [-0.25, -0.2) is 0 Å². The first-order valence-electron chi connectivity index (χ1n) is 14.6. The highest BCUT2D eigenvalue weighted by Crippen LogP contribution is 2.40. The number of anilines is 2. The van der Waals surface area contributed by atoms with Gasteiger partial charge in [-0.05, 0) is 53.1 Å². The van der Waals surface area contributed by atoms with Crippen LogP contribution in [0.5, 0.6) is 11.5 Å². The fraction of sp³-hybridized carbons (Fsp3) is 0.412. The summed E-state index contributed by atoms with van der Waals surface area (Å²) in [5.41, 5.74) is 3.86. The molecule has 2 N–H and O–H groups in total. The van der Waals surface area contributed by atoms with Gasteiger partial charge in [-0.1, -0.05) is 63.1 Å². The molecule has 0 unspecified atom stereocenters. The Hall–Kier alpha value is -3.73. The molecule has 1 heterocycles. The van der Waals surface area contributed by atoms with Crippen molar-refractivity contribution in [3.05, 3.63) is 65.7 Å². The largest absolute Gasteiger partial charge is 0.492 e. The van der Waals surface area contributed by atoms with E-state index in [9.17, 15) is 4.79 Å². The molecular formula is C34H45N3O6S. The molecule has 238 valence electrons. The molecule has 3 aromatic rings. The van der Waals surface area contributed by atoms with Gasteiger partial charge in [-0.15, -0.1) is 0 Å². The summed E-state index contributed by atoms with van der Waals surface area (Å²) in [6.45, 7) is 13.6. The van der Waals surface area contributed by atoms with Crippen LogP contribution >= 0.6 is 11.9 Å². The predicted molar refractivity (Wildman–Crippen MR) is 181 cm³/mol. The predicted octanol–water partition coefficient (Wildman–Crippen LogP) is 6.38. The van der Waals surface area contributed by atoms with Crippen LogP contribution < -0.4 is 19.5 Å². The van der Waals surface area contributed by atoms with Crippen molar-refractivity contribution in [3.63, 3.8) is 0 Å². The summed E-state index contributed by atoms with van der Waals surface area (Å²) in [7, 11) is 2.93. The van der Waals surface area contributed by atoms with Gasteiger partial charge < -0.3 is 29.0 Å². The number of nitrogens with one attached hydrogen (secondary N) is 2. The topological polar surface area (TPSA) is 98.4 Å². The third kappa shape index (κ3) is 9.14. The van der Waals surface area contributed by atoms with E-state index in [2.05, 4.69) is 46.5 Å². The summed E-state index contributed by atoms with van der Waals surface area (Å²) in [6.07, 6.45) is 3.82. The minimum atomic E-state index is -0.201. The van der Waals surface area contributed by atoms with Crippen LogP contribution in [0.2, 0.25) is 0 Å². The SMILES string of the molecule is C/C=C(\C(=O)Nc1cc(C(C)(C)C)cc(NSC)c1OC)c1ccc(OCCN2CCOCC2)c2ccccc12.COC=O. The Labute approximate surface area is 265 Å². The Balaban J connectivity index is 0.00000124.